The summed E-state index contributed by atoms with van der Waals surface area (Å²) < 4.78 is 27.0. The quantitative estimate of drug-likeness (QED) is 0.283. The lowest BCUT2D eigenvalue weighted by atomic mass is 10.0. The summed E-state index contributed by atoms with van der Waals surface area (Å²) in [6.07, 6.45) is 1.21. The number of halogens is 3. The fraction of sp³-hybridized carbons (Fsp3) is 0.333. The molecule has 2 amide bonds. The minimum atomic E-state index is -3.92. The van der Waals surface area contributed by atoms with Crippen molar-refractivity contribution in [1.29, 1.82) is 0 Å². The highest BCUT2D eigenvalue weighted by Gasteiger charge is 2.35. The van der Waals surface area contributed by atoms with Gasteiger partial charge in [-0.05, 0) is 68.7 Å². The van der Waals surface area contributed by atoms with E-state index >= 15 is 0 Å². The molecular formula is C30H34Cl3N3O4S. The summed E-state index contributed by atoms with van der Waals surface area (Å²) in [5.74, 6) is -0.976. The van der Waals surface area contributed by atoms with Crippen LogP contribution in [0.3, 0.4) is 0 Å². The monoisotopic (exact) mass is 637 g/mol. The van der Waals surface area contributed by atoms with Crippen LogP contribution in [0.15, 0.2) is 66.7 Å². The van der Waals surface area contributed by atoms with Crippen LogP contribution in [-0.4, -0.2) is 49.5 Å². The first kappa shape index (κ1) is 32.7. The van der Waals surface area contributed by atoms with E-state index in [0.717, 1.165) is 16.1 Å². The molecule has 0 fully saturated rings. The normalized spacial score (nSPS) is 12.5. The molecule has 3 aromatic carbocycles. The van der Waals surface area contributed by atoms with Crippen molar-refractivity contribution >= 4 is 62.3 Å². The van der Waals surface area contributed by atoms with Gasteiger partial charge in [0.1, 0.15) is 12.6 Å². The number of nitrogens with one attached hydrogen (secondary N) is 1. The van der Waals surface area contributed by atoms with Crippen LogP contribution in [0.1, 0.15) is 37.5 Å². The standard InChI is InChI=1S/C30H34Cl3N3O4S/c1-20-11-13-24(32)17-26(20)36(41(5,39)40)19-28(37)35(18-22-12-14-23(31)16-25(22)33)27(29(38)34-30(2,3)4)15-21-9-7-6-8-10-21/h6-14,16-17,27H,15,18-19H2,1-5H3,(H,34,38). The third-order valence-electron chi connectivity index (χ3n) is 6.24. The predicted octanol–water partition coefficient (Wildman–Crippen LogP) is 6.28. The van der Waals surface area contributed by atoms with Gasteiger partial charge in [-0.15, -0.1) is 0 Å². The third kappa shape index (κ3) is 9.36. The number of hydrogen-bond donors (Lipinski definition) is 1. The SMILES string of the molecule is Cc1ccc(Cl)cc1N(CC(=O)N(Cc1ccc(Cl)cc1Cl)C(Cc1ccccc1)C(=O)NC(C)(C)C)S(C)(=O)=O. The molecule has 220 valence electrons. The summed E-state index contributed by atoms with van der Waals surface area (Å²) in [5.41, 5.74) is 1.68. The van der Waals surface area contributed by atoms with Crippen molar-refractivity contribution in [2.24, 2.45) is 0 Å². The Morgan fingerprint density at radius 1 is 0.927 bits per heavy atom. The molecule has 0 spiro atoms. The Labute approximate surface area is 257 Å². The van der Waals surface area contributed by atoms with E-state index in [4.69, 9.17) is 34.8 Å². The van der Waals surface area contributed by atoms with Gasteiger partial charge in [0.05, 0.1) is 11.9 Å². The summed E-state index contributed by atoms with van der Waals surface area (Å²) in [5, 5.41) is 4.04. The molecule has 0 aliphatic carbocycles. The molecule has 1 unspecified atom stereocenters. The number of carbonyl (C=O) groups excluding carboxylic acids is 2. The van der Waals surface area contributed by atoms with Gasteiger partial charge in [-0.3, -0.25) is 13.9 Å². The van der Waals surface area contributed by atoms with Crippen molar-refractivity contribution < 1.29 is 18.0 Å². The Bertz CT molecular complexity index is 1510. The van der Waals surface area contributed by atoms with Crippen molar-refractivity contribution in [3.8, 4) is 0 Å². The van der Waals surface area contributed by atoms with Crippen molar-refractivity contribution in [2.75, 3.05) is 17.1 Å². The Hall–Kier alpha value is -2.78. The van der Waals surface area contributed by atoms with Gasteiger partial charge >= 0.3 is 0 Å². The maximum Gasteiger partial charge on any atom is 0.244 e. The van der Waals surface area contributed by atoms with Gasteiger partial charge in [0, 0.05) is 33.6 Å². The topological polar surface area (TPSA) is 86.8 Å². The van der Waals surface area contributed by atoms with Crippen LogP contribution in [0, 0.1) is 6.92 Å². The van der Waals surface area contributed by atoms with Gasteiger partial charge in [0.25, 0.3) is 0 Å². The second-order valence-electron chi connectivity index (χ2n) is 10.9. The van der Waals surface area contributed by atoms with Crippen LogP contribution in [0.2, 0.25) is 15.1 Å². The Morgan fingerprint density at radius 3 is 2.12 bits per heavy atom. The summed E-state index contributed by atoms with van der Waals surface area (Å²) >= 11 is 18.8. The van der Waals surface area contributed by atoms with Gasteiger partial charge in [-0.25, -0.2) is 8.42 Å². The molecule has 0 radical (unpaired) electrons. The van der Waals surface area contributed by atoms with Gasteiger partial charge in [-0.1, -0.05) is 77.3 Å². The zero-order valence-corrected chi connectivity index (χ0v) is 26.7. The minimum Gasteiger partial charge on any atom is -0.350 e. The lowest BCUT2D eigenvalue weighted by Crippen LogP contribution is -2.56. The molecule has 41 heavy (non-hydrogen) atoms. The number of nitrogens with zero attached hydrogens (tertiary/aromatic N) is 2. The number of rotatable bonds is 10. The first-order valence-electron chi connectivity index (χ1n) is 12.9. The molecule has 1 N–H and O–H groups in total. The Kier molecular flexibility index (Phi) is 10.7. The molecule has 11 heteroatoms. The number of benzene rings is 3. The number of hydrogen-bond acceptors (Lipinski definition) is 4. The predicted molar refractivity (Wildman–Crippen MR) is 167 cm³/mol. The van der Waals surface area contributed by atoms with Crippen LogP contribution in [0.25, 0.3) is 0 Å². The number of carbonyl (C=O) groups is 2. The molecule has 0 aliphatic heterocycles. The van der Waals surface area contributed by atoms with Gasteiger partial charge in [0.2, 0.25) is 21.8 Å². The highest BCUT2D eigenvalue weighted by Crippen LogP contribution is 2.28. The lowest BCUT2D eigenvalue weighted by molar-refractivity contribution is -0.140. The average molecular weight is 639 g/mol. The summed E-state index contributed by atoms with van der Waals surface area (Å²) in [4.78, 5) is 29.3. The summed E-state index contributed by atoms with van der Waals surface area (Å²) in [6, 6.07) is 18.0. The molecular weight excluding hydrogens is 605 g/mol. The Morgan fingerprint density at radius 2 is 1.54 bits per heavy atom. The average Bonchev–Trinajstić information content (AvgIpc) is 2.86. The second kappa shape index (κ2) is 13.5. The van der Waals surface area contributed by atoms with Crippen molar-refractivity contribution in [1.82, 2.24) is 10.2 Å². The zero-order valence-electron chi connectivity index (χ0n) is 23.6. The first-order valence-corrected chi connectivity index (χ1v) is 15.9. The van der Waals surface area contributed by atoms with Gasteiger partial charge < -0.3 is 10.2 Å². The Balaban J connectivity index is 2.13. The van der Waals surface area contributed by atoms with Crippen LogP contribution < -0.4 is 9.62 Å². The number of aryl methyl sites for hydroxylation is 1. The molecule has 0 saturated carbocycles. The molecule has 0 aliphatic rings. The fourth-order valence-electron chi connectivity index (χ4n) is 4.29. The second-order valence-corrected chi connectivity index (χ2v) is 14.1. The highest BCUT2D eigenvalue weighted by atomic mass is 35.5. The maximum absolute atomic E-state index is 14.2. The van der Waals surface area contributed by atoms with Gasteiger partial charge in [-0.2, -0.15) is 0 Å². The van der Waals surface area contributed by atoms with E-state index in [0.29, 0.717) is 26.2 Å². The van der Waals surface area contributed by atoms with Crippen molar-refractivity contribution in [3.63, 3.8) is 0 Å². The molecule has 0 bridgehead atoms. The molecule has 3 rings (SSSR count). The van der Waals surface area contributed by atoms with E-state index in [-0.39, 0.29) is 24.6 Å². The number of sulfonamides is 1. The largest absolute Gasteiger partial charge is 0.350 e. The van der Waals surface area contributed by atoms with Crippen molar-refractivity contribution in [3.05, 3.63) is 98.5 Å². The molecule has 7 nitrogen and oxygen atoms in total. The first-order chi connectivity index (χ1) is 19.0. The van der Waals surface area contributed by atoms with Crippen LogP contribution in [-0.2, 0) is 32.6 Å². The van der Waals surface area contributed by atoms with E-state index in [1.807, 2.05) is 51.1 Å². The maximum atomic E-state index is 14.2. The number of amides is 2. The zero-order chi connectivity index (χ0) is 30.5. The third-order valence-corrected chi connectivity index (χ3v) is 8.19. The van der Waals surface area contributed by atoms with Crippen LogP contribution in [0.5, 0.6) is 0 Å². The molecule has 0 heterocycles. The summed E-state index contributed by atoms with van der Waals surface area (Å²) in [6.45, 7) is 6.66. The van der Waals surface area contributed by atoms with E-state index in [1.54, 1.807) is 37.3 Å². The van der Waals surface area contributed by atoms with E-state index in [9.17, 15) is 18.0 Å². The minimum absolute atomic E-state index is 0.0595. The summed E-state index contributed by atoms with van der Waals surface area (Å²) in [7, 11) is -3.92. The fourth-order valence-corrected chi connectivity index (χ4v) is 5.82. The van der Waals surface area contributed by atoms with E-state index in [1.165, 1.54) is 11.0 Å². The van der Waals surface area contributed by atoms with Crippen LogP contribution >= 0.6 is 34.8 Å². The van der Waals surface area contributed by atoms with Crippen LogP contribution in [0.4, 0.5) is 5.69 Å². The van der Waals surface area contributed by atoms with E-state index < -0.39 is 34.1 Å². The number of anilines is 1. The highest BCUT2D eigenvalue weighted by molar-refractivity contribution is 7.92. The van der Waals surface area contributed by atoms with Gasteiger partial charge in [0.15, 0.2) is 0 Å². The smallest absolute Gasteiger partial charge is 0.244 e. The lowest BCUT2D eigenvalue weighted by Gasteiger charge is -2.35. The molecule has 3 aromatic rings. The molecule has 1 atom stereocenters. The van der Waals surface area contributed by atoms with Crippen molar-refractivity contribution in [2.45, 2.75) is 52.2 Å². The van der Waals surface area contributed by atoms with E-state index in [2.05, 4.69) is 5.32 Å². The molecule has 0 aromatic heterocycles. The molecule has 0 saturated heterocycles.